The third kappa shape index (κ3) is 6.03. The summed E-state index contributed by atoms with van der Waals surface area (Å²) in [6, 6.07) is 20.3. The highest BCUT2D eigenvalue weighted by molar-refractivity contribution is 5.96. The van der Waals surface area contributed by atoms with E-state index in [4.69, 9.17) is 19.6 Å². The number of anilines is 1. The number of carbonyl (C=O) groups excluding carboxylic acids is 1. The fourth-order valence-electron chi connectivity index (χ4n) is 5.26. The van der Waals surface area contributed by atoms with Crippen LogP contribution in [0.4, 0.5) is 5.69 Å². The second-order valence-electron chi connectivity index (χ2n) is 9.98. The zero-order valence-electron chi connectivity index (χ0n) is 22.0. The van der Waals surface area contributed by atoms with Crippen molar-refractivity contribution in [3.8, 4) is 16.9 Å². The lowest BCUT2D eigenvalue weighted by Gasteiger charge is -2.14. The molecule has 3 aromatic carbocycles. The van der Waals surface area contributed by atoms with Crippen LogP contribution < -0.4 is 15.8 Å². The molecule has 1 heterocycles. The van der Waals surface area contributed by atoms with E-state index in [9.17, 15) is 4.79 Å². The summed E-state index contributed by atoms with van der Waals surface area (Å²) in [5.41, 5.74) is 12.8. The van der Waals surface area contributed by atoms with Gasteiger partial charge in [-0.05, 0) is 66.6 Å². The molecular formula is C32H36N2O4. The number of para-hydroxylation sites is 1. The molecule has 1 aromatic heterocycles. The highest BCUT2D eigenvalue weighted by Gasteiger charge is 2.18. The van der Waals surface area contributed by atoms with E-state index < -0.39 is 0 Å². The van der Waals surface area contributed by atoms with Crippen LogP contribution in [0.15, 0.2) is 71.3 Å². The minimum atomic E-state index is -0.264. The molecule has 1 fully saturated rings. The van der Waals surface area contributed by atoms with E-state index in [-0.39, 0.29) is 12.4 Å². The number of ether oxygens (including phenoxy) is 2. The summed E-state index contributed by atoms with van der Waals surface area (Å²) in [5.74, 6) is 1.10. The van der Waals surface area contributed by atoms with Crippen LogP contribution in [0, 0.1) is 5.92 Å². The Bertz CT molecular complexity index is 1390. The van der Waals surface area contributed by atoms with Crippen LogP contribution in [0.2, 0.25) is 0 Å². The molecule has 0 atom stereocenters. The van der Waals surface area contributed by atoms with Gasteiger partial charge in [0, 0.05) is 29.6 Å². The summed E-state index contributed by atoms with van der Waals surface area (Å²) in [4.78, 5) is 12.1. The van der Waals surface area contributed by atoms with Gasteiger partial charge >= 0.3 is 5.97 Å². The molecule has 1 saturated carbocycles. The Labute approximate surface area is 224 Å². The van der Waals surface area contributed by atoms with Gasteiger partial charge in [-0.1, -0.05) is 49.2 Å². The fraction of sp³-hybridized carbons (Fsp3) is 0.344. The average molecular weight is 513 g/mol. The summed E-state index contributed by atoms with van der Waals surface area (Å²) in [7, 11) is 0. The third-order valence-corrected chi connectivity index (χ3v) is 7.30. The molecule has 4 aromatic rings. The van der Waals surface area contributed by atoms with Crippen molar-refractivity contribution in [1.82, 2.24) is 0 Å². The molecule has 6 heteroatoms. The van der Waals surface area contributed by atoms with Crippen LogP contribution in [0.5, 0.6) is 5.75 Å². The quantitative estimate of drug-likeness (QED) is 0.214. The van der Waals surface area contributed by atoms with E-state index >= 15 is 0 Å². The molecule has 0 bridgehead atoms. The highest BCUT2D eigenvalue weighted by Crippen LogP contribution is 2.36. The lowest BCUT2D eigenvalue weighted by atomic mass is 9.99. The Kier molecular flexibility index (Phi) is 8.29. The summed E-state index contributed by atoms with van der Waals surface area (Å²) in [6.07, 6.45) is 7.13. The van der Waals surface area contributed by atoms with Crippen molar-refractivity contribution in [2.24, 2.45) is 11.7 Å². The number of furan rings is 1. The van der Waals surface area contributed by atoms with Crippen molar-refractivity contribution in [2.75, 3.05) is 18.5 Å². The van der Waals surface area contributed by atoms with Gasteiger partial charge in [0.15, 0.2) is 5.58 Å². The molecule has 38 heavy (non-hydrogen) atoms. The predicted molar refractivity (Wildman–Crippen MR) is 151 cm³/mol. The number of rotatable bonds is 11. The largest absolute Gasteiger partial charge is 0.488 e. The molecule has 0 spiro atoms. The zero-order valence-corrected chi connectivity index (χ0v) is 22.0. The van der Waals surface area contributed by atoms with Crippen molar-refractivity contribution < 1.29 is 18.7 Å². The summed E-state index contributed by atoms with van der Waals surface area (Å²) in [5, 5.41) is 4.70. The second kappa shape index (κ2) is 12.2. The Morgan fingerprint density at radius 2 is 1.87 bits per heavy atom. The first kappa shape index (κ1) is 25.9. The van der Waals surface area contributed by atoms with Crippen molar-refractivity contribution in [1.29, 1.82) is 0 Å². The van der Waals surface area contributed by atoms with Gasteiger partial charge in [-0.15, -0.1) is 0 Å². The zero-order chi connectivity index (χ0) is 26.3. The number of esters is 1. The van der Waals surface area contributed by atoms with Crippen molar-refractivity contribution >= 4 is 22.6 Å². The predicted octanol–water partition coefficient (Wildman–Crippen LogP) is 6.85. The monoisotopic (exact) mass is 512 g/mol. The van der Waals surface area contributed by atoms with Crippen LogP contribution in [-0.2, 0) is 29.1 Å². The lowest BCUT2D eigenvalue weighted by Crippen LogP contribution is -2.11. The first-order chi connectivity index (χ1) is 18.6. The second-order valence-corrected chi connectivity index (χ2v) is 9.98. The van der Waals surface area contributed by atoms with Gasteiger partial charge in [0.2, 0.25) is 0 Å². The Morgan fingerprint density at radius 1 is 1.03 bits per heavy atom. The number of nitrogens with two attached hydrogens (primary N) is 1. The van der Waals surface area contributed by atoms with E-state index in [1.165, 1.54) is 25.7 Å². The van der Waals surface area contributed by atoms with Crippen LogP contribution in [0.25, 0.3) is 22.1 Å². The molecule has 1 aliphatic rings. The molecule has 0 unspecified atom stereocenters. The van der Waals surface area contributed by atoms with Gasteiger partial charge in [-0.3, -0.25) is 4.79 Å². The molecule has 0 aliphatic heterocycles. The van der Waals surface area contributed by atoms with Crippen molar-refractivity contribution in [3.05, 3.63) is 83.6 Å². The van der Waals surface area contributed by atoms with Crippen LogP contribution in [0.1, 0.15) is 49.3 Å². The molecule has 3 N–H and O–H groups in total. The number of fused-ring (bicyclic) bond motifs is 1. The number of hydrogen-bond acceptors (Lipinski definition) is 6. The van der Waals surface area contributed by atoms with E-state index in [1.807, 2.05) is 43.3 Å². The topological polar surface area (TPSA) is 86.7 Å². The minimum absolute atomic E-state index is 0.174. The molecule has 5 rings (SSSR count). The molecular weight excluding hydrogens is 476 g/mol. The van der Waals surface area contributed by atoms with Crippen LogP contribution in [0.3, 0.4) is 0 Å². The molecule has 198 valence electrons. The van der Waals surface area contributed by atoms with Crippen molar-refractivity contribution in [2.45, 2.75) is 52.2 Å². The van der Waals surface area contributed by atoms with Gasteiger partial charge in [0.1, 0.15) is 12.4 Å². The first-order valence-electron chi connectivity index (χ1n) is 13.6. The number of carbonyl (C=O) groups is 1. The Hall–Kier alpha value is -3.77. The maximum Gasteiger partial charge on any atom is 0.310 e. The van der Waals surface area contributed by atoms with E-state index in [0.29, 0.717) is 31.4 Å². The third-order valence-electron chi connectivity index (χ3n) is 7.30. The van der Waals surface area contributed by atoms with E-state index in [1.54, 1.807) is 6.26 Å². The van der Waals surface area contributed by atoms with E-state index in [2.05, 4.69) is 29.6 Å². The fourth-order valence-corrected chi connectivity index (χ4v) is 5.26. The van der Waals surface area contributed by atoms with Gasteiger partial charge in [-0.2, -0.15) is 0 Å². The number of hydrogen-bond donors (Lipinski definition) is 2. The SMILES string of the molecule is CCOC(=O)Cc1ccccc1OCc1coc2c(NCC3CCCC3)cc(-c3cccc(CN)c3)cc12. The smallest absolute Gasteiger partial charge is 0.310 e. The summed E-state index contributed by atoms with van der Waals surface area (Å²) >= 11 is 0. The molecule has 0 amide bonds. The molecule has 0 saturated heterocycles. The van der Waals surface area contributed by atoms with Crippen LogP contribution >= 0.6 is 0 Å². The van der Waals surface area contributed by atoms with Crippen LogP contribution in [-0.4, -0.2) is 19.1 Å². The normalized spacial score (nSPS) is 13.6. The minimum Gasteiger partial charge on any atom is -0.488 e. The summed E-state index contributed by atoms with van der Waals surface area (Å²) < 4.78 is 17.5. The molecule has 1 aliphatic carbocycles. The maximum absolute atomic E-state index is 12.1. The highest BCUT2D eigenvalue weighted by atomic mass is 16.5. The van der Waals surface area contributed by atoms with Crippen molar-refractivity contribution in [3.63, 3.8) is 0 Å². The van der Waals surface area contributed by atoms with E-state index in [0.717, 1.165) is 51.0 Å². The van der Waals surface area contributed by atoms with Gasteiger partial charge in [-0.25, -0.2) is 0 Å². The maximum atomic E-state index is 12.1. The Balaban J connectivity index is 1.45. The Morgan fingerprint density at radius 3 is 2.68 bits per heavy atom. The standard InChI is InChI=1S/C32H36N2O4/c1-2-36-31(35)17-25-11-5-6-13-30(25)37-20-27-21-38-32-28(27)15-26(24-12-7-10-23(14-24)18-33)16-29(32)34-19-22-8-3-4-9-22/h5-7,10-16,21-22,34H,2-4,8-9,17-20,33H2,1H3. The first-order valence-corrected chi connectivity index (χ1v) is 13.6. The van der Waals surface area contributed by atoms with Gasteiger partial charge < -0.3 is 24.9 Å². The lowest BCUT2D eigenvalue weighted by molar-refractivity contribution is -0.142. The summed E-state index contributed by atoms with van der Waals surface area (Å²) in [6.45, 7) is 3.92. The molecule has 0 radical (unpaired) electrons. The molecule has 6 nitrogen and oxygen atoms in total. The number of nitrogens with one attached hydrogen (secondary N) is 1. The van der Waals surface area contributed by atoms with Gasteiger partial charge in [0.25, 0.3) is 0 Å². The average Bonchev–Trinajstić information content (AvgIpc) is 3.61. The van der Waals surface area contributed by atoms with Gasteiger partial charge in [0.05, 0.1) is 25.0 Å². The number of benzene rings is 3.